The highest BCUT2D eigenvalue weighted by Crippen LogP contribution is 2.18. The zero-order valence-electron chi connectivity index (χ0n) is 20.5. The highest BCUT2D eigenvalue weighted by Gasteiger charge is 2.28. The van der Waals surface area contributed by atoms with E-state index in [1.54, 1.807) is 7.05 Å². The average molecular weight is 489 g/mol. The molecule has 0 aliphatic rings. The first kappa shape index (κ1) is 26.5. The van der Waals surface area contributed by atoms with Gasteiger partial charge in [0.2, 0.25) is 0 Å². The Morgan fingerprint density at radius 2 is 1.03 bits per heavy atom. The molecule has 0 spiro atoms. The number of hydrogen-bond donors (Lipinski definition) is 0. The van der Waals surface area contributed by atoms with Gasteiger partial charge in [-0.3, -0.25) is 15.0 Å². The van der Waals surface area contributed by atoms with Crippen LogP contribution in [0.1, 0.15) is 16.7 Å². The lowest BCUT2D eigenvalue weighted by Crippen LogP contribution is -2.48. The second kappa shape index (κ2) is 14.3. The summed E-state index contributed by atoms with van der Waals surface area (Å²) in [5.74, 6) is 0. The van der Waals surface area contributed by atoms with Crippen LogP contribution in [0.25, 0.3) is 0 Å². The Bertz CT molecular complexity index is 1050. The molecule has 0 amide bonds. The van der Waals surface area contributed by atoms with Gasteiger partial charge in [-0.15, -0.1) is 14.7 Å². The first-order valence-corrected chi connectivity index (χ1v) is 12.0. The molecule has 0 aliphatic carbocycles. The summed E-state index contributed by atoms with van der Waals surface area (Å²) in [4.78, 5) is 35.2. The van der Waals surface area contributed by atoms with E-state index in [0.29, 0.717) is 25.8 Å². The van der Waals surface area contributed by atoms with Crippen LogP contribution in [0.5, 0.6) is 0 Å². The van der Waals surface area contributed by atoms with Gasteiger partial charge in [0.05, 0.1) is 41.0 Å². The van der Waals surface area contributed by atoms with E-state index in [2.05, 4.69) is 15.9 Å². The maximum absolute atomic E-state index is 12.1. The van der Waals surface area contributed by atoms with E-state index in [1.807, 2.05) is 91.0 Å². The van der Waals surface area contributed by atoms with E-state index >= 15 is 0 Å². The third kappa shape index (κ3) is 8.26. The van der Waals surface area contributed by atoms with Gasteiger partial charge in [0, 0.05) is 13.6 Å². The van der Waals surface area contributed by atoms with Gasteiger partial charge in [0.1, 0.15) is 0 Å². The van der Waals surface area contributed by atoms with E-state index in [9.17, 15) is 14.7 Å². The molecule has 3 aromatic rings. The first-order valence-electron chi connectivity index (χ1n) is 12.0. The van der Waals surface area contributed by atoms with Crippen molar-refractivity contribution in [2.24, 2.45) is 15.9 Å². The minimum absolute atomic E-state index is 0.170. The largest absolute Gasteiger partial charge is 0.262 e. The summed E-state index contributed by atoms with van der Waals surface area (Å²) in [6.45, 7) is 0.778. The maximum atomic E-state index is 12.1. The quantitative estimate of drug-likeness (QED) is 0.207. The Morgan fingerprint density at radius 3 is 1.47 bits per heavy atom. The zero-order valence-corrected chi connectivity index (χ0v) is 20.5. The number of nitrogens with zero attached hydrogens (tertiary/aromatic N) is 6. The average Bonchev–Trinajstić information content (AvgIpc) is 2.93. The standard InChI is InChI=1S/C27H32N6O3/c1-31(28-34)21-26(19-24-13-7-3-8-14-24)33(30-36)22-27(20-25-15-9-4-10-16-25)32(29-35)18-17-23-11-5-2-6-12-23/h2-16,26-27H,17-22H2,1H3/t26-,27-/m0/s1. The molecule has 3 aromatic carbocycles. The summed E-state index contributed by atoms with van der Waals surface area (Å²) in [6.07, 6.45) is 1.63. The second-order valence-electron chi connectivity index (χ2n) is 8.79. The molecule has 9 heteroatoms. The lowest BCUT2D eigenvalue weighted by atomic mass is 10.0. The van der Waals surface area contributed by atoms with Crippen LogP contribution in [0.2, 0.25) is 0 Å². The molecular formula is C27H32N6O3. The summed E-state index contributed by atoms with van der Waals surface area (Å²) in [5.41, 5.74) is 3.12. The number of hydrogen-bond acceptors (Lipinski definition) is 6. The zero-order chi connectivity index (χ0) is 25.6. The molecule has 0 saturated heterocycles. The summed E-state index contributed by atoms with van der Waals surface area (Å²) in [6, 6.07) is 28.5. The van der Waals surface area contributed by atoms with Gasteiger partial charge < -0.3 is 0 Å². The third-order valence-electron chi connectivity index (χ3n) is 6.17. The van der Waals surface area contributed by atoms with Crippen LogP contribution in [-0.4, -0.2) is 53.8 Å². The fourth-order valence-electron chi connectivity index (χ4n) is 4.28. The Balaban J connectivity index is 1.83. The van der Waals surface area contributed by atoms with Crippen LogP contribution in [0, 0.1) is 14.7 Å². The lowest BCUT2D eigenvalue weighted by molar-refractivity contribution is 0.0947. The molecule has 188 valence electrons. The van der Waals surface area contributed by atoms with Gasteiger partial charge in [0.15, 0.2) is 0 Å². The topological polar surface area (TPSA) is 98.0 Å². The van der Waals surface area contributed by atoms with Crippen molar-refractivity contribution in [3.05, 3.63) is 122 Å². The summed E-state index contributed by atoms with van der Waals surface area (Å²) in [5, 5.41) is 13.8. The Morgan fingerprint density at radius 1 is 0.583 bits per heavy atom. The number of likely N-dealkylation sites (N-methyl/N-ethyl adjacent to an activating group) is 1. The summed E-state index contributed by atoms with van der Waals surface area (Å²) in [7, 11) is 1.56. The van der Waals surface area contributed by atoms with E-state index in [1.165, 1.54) is 15.0 Å². The van der Waals surface area contributed by atoms with E-state index in [-0.39, 0.29) is 13.1 Å². The highest BCUT2D eigenvalue weighted by atomic mass is 16.3. The molecule has 0 aliphatic heterocycles. The Hall–Kier alpha value is -4.14. The summed E-state index contributed by atoms with van der Waals surface area (Å²) >= 11 is 0. The first-order chi connectivity index (χ1) is 17.6. The van der Waals surface area contributed by atoms with Crippen molar-refractivity contribution < 1.29 is 0 Å². The molecule has 0 heterocycles. The molecule has 0 fully saturated rings. The molecule has 36 heavy (non-hydrogen) atoms. The van der Waals surface area contributed by atoms with Crippen LogP contribution in [0.4, 0.5) is 0 Å². The van der Waals surface area contributed by atoms with Crippen molar-refractivity contribution in [3.63, 3.8) is 0 Å². The van der Waals surface area contributed by atoms with E-state index in [4.69, 9.17) is 0 Å². The van der Waals surface area contributed by atoms with Gasteiger partial charge in [-0.1, -0.05) is 91.0 Å². The molecule has 2 atom stereocenters. The van der Waals surface area contributed by atoms with Crippen LogP contribution in [-0.2, 0) is 19.3 Å². The van der Waals surface area contributed by atoms with Crippen LogP contribution in [0.15, 0.2) is 107 Å². The smallest absolute Gasteiger partial charge is 0.0736 e. The molecule has 0 radical (unpaired) electrons. The predicted molar refractivity (Wildman–Crippen MR) is 141 cm³/mol. The molecule has 0 unspecified atom stereocenters. The van der Waals surface area contributed by atoms with Crippen molar-refractivity contribution in [1.29, 1.82) is 0 Å². The monoisotopic (exact) mass is 488 g/mol. The number of benzene rings is 3. The number of rotatable bonds is 16. The van der Waals surface area contributed by atoms with Crippen molar-refractivity contribution in [1.82, 2.24) is 15.0 Å². The van der Waals surface area contributed by atoms with Crippen molar-refractivity contribution in [2.75, 3.05) is 26.7 Å². The van der Waals surface area contributed by atoms with Gasteiger partial charge in [-0.25, -0.2) is 0 Å². The van der Waals surface area contributed by atoms with Gasteiger partial charge in [-0.05, 0) is 36.0 Å². The van der Waals surface area contributed by atoms with Crippen molar-refractivity contribution in [2.45, 2.75) is 31.3 Å². The normalized spacial score (nSPS) is 12.2. The van der Waals surface area contributed by atoms with Gasteiger partial charge in [0.25, 0.3) is 0 Å². The SMILES string of the molecule is CN(C[C@H](Cc1ccccc1)N(C[C@H](Cc1ccccc1)N(CCc1ccccc1)N=O)N=O)N=O. The lowest BCUT2D eigenvalue weighted by Gasteiger charge is -2.34. The maximum Gasteiger partial charge on any atom is 0.0736 e. The van der Waals surface area contributed by atoms with E-state index in [0.717, 1.165) is 16.7 Å². The predicted octanol–water partition coefficient (Wildman–Crippen LogP) is 5.03. The Labute approximate surface area is 211 Å². The minimum Gasteiger partial charge on any atom is -0.262 e. The van der Waals surface area contributed by atoms with Crippen molar-refractivity contribution >= 4 is 0 Å². The van der Waals surface area contributed by atoms with Gasteiger partial charge >= 0.3 is 0 Å². The third-order valence-corrected chi connectivity index (χ3v) is 6.17. The van der Waals surface area contributed by atoms with Crippen LogP contribution < -0.4 is 0 Å². The molecular weight excluding hydrogens is 456 g/mol. The second-order valence-corrected chi connectivity index (χ2v) is 8.79. The number of nitroso groups, excluding NO2 is 3. The van der Waals surface area contributed by atoms with Gasteiger partial charge in [-0.2, -0.15) is 0 Å². The van der Waals surface area contributed by atoms with Crippen LogP contribution in [0.3, 0.4) is 0 Å². The fraction of sp³-hybridized carbons (Fsp3) is 0.333. The molecule has 0 saturated carbocycles. The highest BCUT2D eigenvalue weighted by molar-refractivity contribution is 5.18. The molecule has 9 nitrogen and oxygen atoms in total. The minimum atomic E-state index is -0.423. The Kier molecular flexibility index (Phi) is 10.5. The van der Waals surface area contributed by atoms with E-state index < -0.39 is 12.1 Å². The molecule has 0 bridgehead atoms. The van der Waals surface area contributed by atoms with Crippen molar-refractivity contribution in [3.8, 4) is 0 Å². The molecule has 3 rings (SSSR count). The van der Waals surface area contributed by atoms with Crippen LogP contribution >= 0.6 is 0 Å². The fourth-order valence-corrected chi connectivity index (χ4v) is 4.28. The molecule has 0 aromatic heterocycles. The molecule has 0 N–H and O–H groups in total. The summed E-state index contributed by atoms with van der Waals surface area (Å²) < 4.78 is 0.